The first-order valence-corrected chi connectivity index (χ1v) is 7.03. The van der Waals surface area contributed by atoms with Crippen molar-refractivity contribution in [2.75, 3.05) is 13.7 Å². The Morgan fingerprint density at radius 3 is 2.48 bits per heavy atom. The Bertz CT molecular complexity index is 476. The number of alkyl halides is 2. The third kappa shape index (κ3) is 3.27. The summed E-state index contributed by atoms with van der Waals surface area (Å²) in [6.07, 6.45) is 2.91. The Balaban J connectivity index is 2.30. The zero-order valence-corrected chi connectivity index (χ0v) is 12.0. The van der Waals surface area contributed by atoms with E-state index in [4.69, 9.17) is 10.5 Å². The van der Waals surface area contributed by atoms with Gasteiger partial charge in [0.1, 0.15) is 0 Å². The van der Waals surface area contributed by atoms with Crippen LogP contribution in [0.15, 0.2) is 18.2 Å². The number of hydrogen-bond acceptors (Lipinski definition) is 4. The fourth-order valence-corrected chi connectivity index (χ4v) is 3.07. The minimum atomic E-state index is -2.94. The summed E-state index contributed by atoms with van der Waals surface area (Å²) in [7, 11) is 1.38. The molecule has 1 saturated carbocycles. The molecule has 0 saturated heterocycles. The fraction of sp³-hybridized carbons (Fsp3) is 0.600. The molecule has 1 fully saturated rings. The van der Waals surface area contributed by atoms with Gasteiger partial charge in [0, 0.05) is 12.0 Å². The van der Waals surface area contributed by atoms with Gasteiger partial charge in [-0.25, -0.2) is 0 Å². The first-order chi connectivity index (χ1) is 10.0. The molecule has 0 radical (unpaired) electrons. The van der Waals surface area contributed by atoms with E-state index in [1.54, 1.807) is 6.07 Å². The molecule has 1 aliphatic rings. The van der Waals surface area contributed by atoms with Crippen LogP contribution in [-0.4, -0.2) is 25.4 Å². The summed E-state index contributed by atoms with van der Waals surface area (Å²) in [5.41, 5.74) is 5.99. The van der Waals surface area contributed by atoms with Gasteiger partial charge in [0.05, 0.1) is 13.2 Å². The zero-order chi connectivity index (χ0) is 15.5. The van der Waals surface area contributed by atoms with E-state index in [0.717, 1.165) is 25.7 Å². The summed E-state index contributed by atoms with van der Waals surface area (Å²) in [4.78, 5) is 0. The smallest absolute Gasteiger partial charge is 0.387 e. The maximum Gasteiger partial charge on any atom is 0.387 e. The lowest BCUT2D eigenvalue weighted by Gasteiger charge is -2.33. The van der Waals surface area contributed by atoms with Crippen LogP contribution < -0.4 is 15.2 Å². The van der Waals surface area contributed by atoms with Crippen LogP contribution in [0.4, 0.5) is 8.78 Å². The highest BCUT2D eigenvalue weighted by Crippen LogP contribution is 2.47. The van der Waals surface area contributed by atoms with Gasteiger partial charge in [0.2, 0.25) is 0 Å². The van der Waals surface area contributed by atoms with Crippen LogP contribution in [0.2, 0.25) is 0 Å². The van der Waals surface area contributed by atoms with Gasteiger partial charge in [0.15, 0.2) is 11.5 Å². The molecule has 1 aliphatic carbocycles. The fourth-order valence-electron chi connectivity index (χ4n) is 3.07. The van der Waals surface area contributed by atoms with Gasteiger partial charge < -0.3 is 20.3 Å². The van der Waals surface area contributed by atoms with Crippen molar-refractivity contribution in [2.45, 2.75) is 38.4 Å². The molecule has 6 heteroatoms. The van der Waals surface area contributed by atoms with Gasteiger partial charge in [-0.3, -0.25) is 0 Å². The number of aliphatic hydroxyl groups is 1. The van der Waals surface area contributed by atoms with Crippen molar-refractivity contribution in [2.24, 2.45) is 11.1 Å². The Labute approximate surface area is 122 Å². The molecule has 2 rings (SSSR count). The maximum absolute atomic E-state index is 12.5. The number of nitrogens with two attached hydrogens (primary N) is 1. The number of benzene rings is 1. The van der Waals surface area contributed by atoms with E-state index in [0.29, 0.717) is 12.1 Å². The third-order valence-corrected chi connectivity index (χ3v) is 4.31. The van der Waals surface area contributed by atoms with Gasteiger partial charge in [-0.2, -0.15) is 8.78 Å². The molecule has 0 amide bonds. The highest BCUT2D eigenvalue weighted by Gasteiger charge is 2.40. The lowest BCUT2D eigenvalue weighted by Crippen LogP contribution is -2.34. The second-order valence-electron chi connectivity index (χ2n) is 5.46. The number of methoxy groups -OCH3 is 1. The van der Waals surface area contributed by atoms with Crippen molar-refractivity contribution < 1.29 is 23.4 Å². The molecule has 1 aromatic carbocycles. The van der Waals surface area contributed by atoms with Crippen molar-refractivity contribution in [1.82, 2.24) is 0 Å². The highest BCUT2D eigenvalue weighted by molar-refractivity contribution is 5.44. The third-order valence-electron chi connectivity index (χ3n) is 4.31. The van der Waals surface area contributed by atoms with Crippen LogP contribution in [0.3, 0.4) is 0 Å². The molecule has 0 bridgehead atoms. The molecule has 21 heavy (non-hydrogen) atoms. The Hall–Kier alpha value is -1.40. The van der Waals surface area contributed by atoms with Crippen molar-refractivity contribution in [1.29, 1.82) is 0 Å². The van der Waals surface area contributed by atoms with Crippen LogP contribution in [0.1, 0.15) is 37.4 Å². The minimum Gasteiger partial charge on any atom is -0.493 e. The largest absolute Gasteiger partial charge is 0.493 e. The summed E-state index contributed by atoms with van der Waals surface area (Å²) in [5, 5.41) is 10.6. The predicted octanol–water partition coefficient (Wildman–Crippen LogP) is 2.85. The molecule has 3 N–H and O–H groups in total. The van der Waals surface area contributed by atoms with Gasteiger partial charge in [-0.1, -0.05) is 18.9 Å². The summed E-state index contributed by atoms with van der Waals surface area (Å²) >= 11 is 0. The SMILES string of the molecule is COc1ccc(C(O)C2(CN)CCCC2)cc1OC(F)F. The maximum atomic E-state index is 12.5. The number of rotatable bonds is 6. The van der Waals surface area contributed by atoms with E-state index >= 15 is 0 Å². The summed E-state index contributed by atoms with van der Waals surface area (Å²) in [6, 6.07) is 4.60. The topological polar surface area (TPSA) is 64.7 Å². The van der Waals surface area contributed by atoms with E-state index in [9.17, 15) is 13.9 Å². The highest BCUT2D eigenvalue weighted by atomic mass is 19.3. The first kappa shape index (κ1) is 16.0. The summed E-state index contributed by atoms with van der Waals surface area (Å²) in [6.45, 7) is -2.58. The number of ether oxygens (including phenoxy) is 2. The molecule has 0 aromatic heterocycles. The predicted molar refractivity (Wildman–Crippen MR) is 74.5 cm³/mol. The van der Waals surface area contributed by atoms with E-state index in [1.165, 1.54) is 19.2 Å². The Kier molecular flexibility index (Phi) is 5.00. The lowest BCUT2D eigenvalue weighted by atomic mass is 9.77. The molecule has 1 aromatic rings. The number of hydrogen-bond donors (Lipinski definition) is 2. The summed E-state index contributed by atoms with van der Waals surface area (Å²) < 4.78 is 34.4. The standard InChI is InChI=1S/C15H21F2NO3/c1-20-11-5-4-10(8-12(11)21-14(16)17)13(19)15(9-18)6-2-3-7-15/h4-5,8,13-14,19H,2-3,6-7,9,18H2,1H3. The molecular formula is C15H21F2NO3. The van der Waals surface area contributed by atoms with Crippen molar-refractivity contribution in [3.63, 3.8) is 0 Å². The quantitative estimate of drug-likeness (QED) is 0.848. The van der Waals surface area contributed by atoms with E-state index in [-0.39, 0.29) is 16.9 Å². The number of aliphatic hydroxyl groups excluding tert-OH is 1. The van der Waals surface area contributed by atoms with Crippen LogP contribution in [-0.2, 0) is 0 Å². The van der Waals surface area contributed by atoms with Crippen molar-refractivity contribution in [3.05, 3.63) is 23.8 Å². The minimum absolute atomic E-state index is 0.0748. The van der Waals surface area contributed by atoms with Gasteiger partial charge in [0.25, 0.3) is 0 Å². The molecule has 118 valence electrons. The van der Waals surface area contributed by atoms with E-state index in [2.05, 4.69) is 4.74 Å². The van der Waals surface area contributed by atoms with Crippen LogP contribution in [0.25, 0.3) is 0 Å². The Morgan fingerprint density at radius 2 is 1.95 bits per heavy atom. The zero-order valence-electron chi connectivity index (χ0n) is 12.0. The molecule has 1 atom stereocenters. The number of halogens is 2. The van der Waals surface area contributed by atoms with Gasteiger partial charge in [-0.05, 0) is 30.5 Å². The average Bonchev–Trinajstić information content (AvgIpc) is 2.96. The normalized spacial score (nSPS) is 18.8. The summed E-state index contributed by atoms with van der Waals surface area (Å²) in [5.74, 6) is 0.133. The van der Waals surface area contributed by atoms with Gasteiger partial charge >= 0.3 is 6.61 Å². The van der Waals surface area contributed by atoms with Crippen LogP contribution in [0.5, 0.6) is 11.5 Å². The molecule has 0 aliphatic heterocycles. The van der Waals surface area contributed by atoms with Gasteiger partial charge in [-0.15, -0.1) is 0 Å². The molecular weight excluding hydrogens is 280 g/mol. The van der Waals surface area contributed by atoms with Crippen LogP contribution >= 0.6 is 0 Å². The Morgan fingerprint density at radius 1 is 1.29 bits per heavy atom. The lowest BCUT2D eigenvalue weighted by molar-refractivity contribution is -0.0515. The second-order valence-corrected chi connectivity index (χ2v) is 5.46. The first-order valence-electron chi connectivity index (χ1n) is 7.03. The van der Waals surface area contributed by atoms with E-state index in [1.807, 2.05) is 0 Å². The average molecular weight is 301 g/mol. The van der Waals surface area contributed by atoms with Crippen LogP contribution in [0, 0.1) is 5.41 Å². The molecule has 0 spiro atoms. The monoisotopic (exact) mass is 301 g/mol. The molecule has 0 heterocycles. The van der Waals surface area contributed by atoms with E-state index < -0.39 is 12.7 Å². The van der Waals surface area contributed by atoms with Crippen molar-refractivity contribution >= 4 is 0 Å². The molecule has 4 nitrogen and oxygen atoms in total. The second kappa shape index (κ2) is 6.58. The molecule has 1 unspecified atom stereocenters. The van der Waals surface area contributed by atoms with Crippen molar-refractivity contribution in [3.8, 4) is 11.5 Å².